The Bertz CT molecular complexity index is 717. The molecule has 0 atom stereocenters. The molecule has 0 unspecified atom stereocenters. The van der Waals surface area contributed by atoms with Gasteiger partial charge in [0.15, 0.2) is 0 Å². The lowest BCUT2D eigenvalue weighted by Crippen LogP contribution is -2.30. The highest BCUT2D eigenvalue weighted by Gasteiger charge is 2.21. The van der Waals surface area contributed by atoms with E-state index in [4.69, 9.17) is 10.00 Å². The second kappa shape index (κ2) is 6.72. The van der Waals surface area contributed by atoms with Crippen molar-refractivity contribution < 1.29 is 13.2 Å². The van der Waals surface area contributed by atoms with Crippen molar-refractivity contribution in [1.82, 2.24) is 4.31 Å². The molecule has 110 valence electrons. The molecule has 0 aliphatic rings. The number of likely N-dealkylation sites (N-methyl/N-ethyl adjacent to an activating group) is 1. The van der Waals surface area contributed by atoms with Gasteiger partial charge in [-0.3, -0.25) is 0 Å². The third-order valence-corrected chi connectivity index (χ3v) is 6.05. The molecule has 1 aromatic heterocycles. The zero-order valence-corrected chi connectivity index (χ0v) is 13.0. The summed E-state index contributed by atoms with van der Waals surface area (Å²) in [7, 11) is -1.91. The van der Waals surface area contributed by atoms with Gasteiger partial charge in [0, 0.05) is 13.6 Å². The number of nitriles is 1. The van der Waals surface area contributed by atoms with Crippen LogP contribution >= 0.6 is 11.3 Å². The highest BCUT2D eigenvalue weighted by molar-refractivity contribution is 7.91. The second-order valence-corrected chi connectivity index (χ2v) is 7.46. The molecular formula is C14H14N2O3S2. The van der Waals surface area contributed by atoms with Crippen LogP contribution in [0.2, 0.25) is 0 Å². The Hall–Kier alpha value is -1.88. The standard InChI is InChI=1S/C14H14N2O3S2/c1-16(21(17,18)14-3-2-10-20-14)8-9-19-13-6-4-12(11-15)5-7-13/h2-7,10H,8-9H2,1H3. The van der Waals surface area contributed by atoms with E-state index in [1.54, 1.807) is 41.8 Å². The highest BCUT2D eigenvalue weighted by atomic mass is 32.2. The van der Waals surface area contributed by atoms with E-state index in [9.17, 15) is 8.42 Å². The Balaban J connectivity index is 1.89. The Morgan fingerprint density at radius 2 is 2.00 bits per heavy atom. The largest absolute Gasteiger partial charge is 0.492 e. The summed E-state index contributed by atoms with van der Waals surface area (Å²) < 4.78 is 31.4. The number of ether oxygens (including phenoxy) is 1. The number of hydrogen-bond donors (Lipinski definition) is 0. The molecule has 0 bridgehead atoms. The van der Waals surface area contributed by atoms with E-state index in [1.165, 1.54) is 22.7 Å². The number of hydrogen-bond acceptors (Lipinski definition) is 5. The first-order valence-corrected chi connectivity index (χ1v) is 8.49. The SMILES string of the molecule is CN(CCOc1ccc(C#N)cc1)S(=O)(=O)c1cccs1. The van der Waals surface area contributed by atoms with Crippen molar-refractivity contribution in [3.8, 4) is 11.8 Å². The summed E-state index contributed by atoms with van der Waals surface area (Å²) >= 11 is 1.19. The monoisotopic (exact) mass is 322 g/mol. The fraction of sp³-hybridized carbons (Fsp3) is 0.214. The molecular weight excluding hydrogens is 308 g/mol. The normalized spacial score (nSPS) is 11.3. The molecule has 0 aliphatic carbocycles. The summed E-state index contributed by atoms with van der Waals surface area (Å²) in [5.41, 5.74) is 0.555. The average Bonchev–Trinajstić information content (AvgIpc) is 3.02. The fourth-order valence-electron chi connectivity index (χ4n) is 1.60. The van der Waals surface area contributed by atoms with Crippen LogP contribution in [0.3, 0.4) is 0 Å². The van der Waals surface area contributed by atoms with Gasteiger partial charge in [0.2, 0.25) is 0 Å². The zero-order valence-electron chi connectivity index (χ0n) is 11.4. The molecule has 0 radical (unpaired) electrons. The summed E-state index contributed by atoms with van der Waals surface area (Å²) in [5.74, 6) is 0.607. The van der Waals surface area contributed by atoms with Gasteiger partial charge in [0.25, 0.3) is 10.0 Å². The number of benzene rings is 1. The van der Waals surface area contributed by atoms with Crippen molar-refractivity contribution in [2.24, 2.45) is 0 Å². The first kappa shape index (κ1) is 15.5. The molecule has 0 fully saturated rings. The lowest BCUT2D eigenvalue weighted by atomic mass is 10.2. The lowest BCUT2D eigenvalue weighted by Gasteiger charge is -2.16. The van der Waals surface area contributed by atoms with Gasteiger partial charge in [0.1, 0.15) is 16.6 Å². The summed E-state index contributed by atoms with van der Waals surface area (Å²) in [5, 5.41) is 10.4. The number of sulfonamides is 1. The van der Waals surface area contributed by atoms with Crippen LogP contribution in [0.5, 0.6) is 5.75 Å². The van der Waals surface area contributed by atoms with E-state index in [0.29, 0.717) is 15.5 Å². The molecule has 0 N–H and O–H groups in total. The molecule has 0 saturated heterocycles. The van der Waals surface area contributed by atoms with Gasteiger partial charge in [-0.2, -0.15) is 9.57 Å². The highest BCUT2D eigenvalue weighted by Crippen LogP contribution is 2.19. The van der Waals surface area contributed by atoms with Crippen LogP contribution in [0.4, 0.5) is 0 Å². The third kappa shape index (κ3) is 3.82. The predicted molar refractivity (Wildman–Crippen MR) is 80.8 cm³/mol. The zero-order chi connectivity index (χ0) is 15.3. The molecule has 21 heavy (non-hydrogen) atoms. The van der Waals surface area contributed by atoms with Gasteiger partial charge in [0.05, 0.1) is 11.6 Å². The lowest BCUT2D eigenvalue weighted by molar-refractivity contribution is 0.287. The Morgan fingerprint density at radius 1 is 1.29 bits per heavy atom. The van der Waals surface area contributed by atoms with E-state index < -0.39 is 10.0 Å². The maximum absolute atomic E-state index is 12.2. The van der Waals surface area contributed by atoms with Crippen molar-refractivity contribution >= 4 is 21.4 Å². The molecule has 1 heterocycles. The third-order valence-electron chi connectivity index (χ3n) is 2.82. The van der Waals surface area contributed by atoms with E-state index in [1.807, 2.05) is 6.07 Å². The van der Waals surface area contributed by atoms with Gasteiger partial charge < -0.3 is 4.74 Å². The maximum Gasteiger partial charge on any atom is 0.252 e. The maximum atomic E-state index is 12.2. The van der Waals surface area contributed by atoms with Gasteiger partial charge in [-0.05, 0) is 35.7 Å². The molecule has 7 heteroatoms. The Kier molecular flexibility index (Phi) is 4.96. The molecule has 0 spiro atoms. The van der Waals surface area contributed by atoms with Crippen molar-refractivity contribution in [3.63, 3.8) is 0 Å². The minimum Gasteiger partial charge on any atom is -0.492 e. The minimum atomic E-state index is -3.43. The molecule has 0 amide bonds. The Morgan fingerprint density at radius 3 is 2.57 bits per heavy atom. The summed E-state index contributed by atoms with van der Waals surface area (Å²) in [6, 6.07) is 12.0. The van der Waals surface area contributed by atoms with Crippen LogP contribution in [0.15, 0.2) is 46.0 Å². The minimum absolute atomic E-state index is 0.243. The fourth-order valence-corrected chi connectivity index (χ4v) is 3.96. The predicted octanol–water partition coefficient (Wildman–Crippen LogP) is 2.32. The molecule has 0 saturated carbocycles. The van der Waals surface area contributed by atoms with Gasteiger partial charge >= 0.3 is 0 Å². The average molecular weight is 322 g/mol. The van der Waals surface area contributed by atoms with Gasteiger partial charge in [-0.25, -0.2) is 8.42 Å². The first-order valence-electron chi connectivity index (χ1n) is 6.17. The molecule has 5 nitrogen and oxygen atoms in total. The quantitative estimate of drug-likeness (QED) is 0.818. The van der Waals surface area contributed by atoms with Crippen LogP contribution in [-0.2, 0) is 10.0 Å². The molecule has 1 aromatic carbocycles. The second-order valence-electron chi connectivity index (χ2n) is 4.24. The van der Waals surface area contributed by atoms with Crippen LogP contribution in [0, 0.1) is 11.3 Å². The molecule has 0 aliphatic heterocycles. The first-order chi connectivity index (χ1) is 10.0. The molecule has 2 aromatic rings. The Labute approximate surface area is 128 Å². The van der Waals surface area contributed by atoms with E-state index in [0.717, 1.165) is 0 Å². The van der Waals surface area contributed by atoms with Crippen molar-refractivity contribution in [2.75, 3.05) is 20.2 Å². The summed E-state index contributed by atoms with van der Waals surface area (Å²) in [4.78, 5) is 0. The topological polar surface area (TPSA) is 70.4 Å². The molecule has 2 rings (SSSR count). The number of rotatable bonds is 6. The number of thiophene rings is 1. The van der Waals surface area contributed by atoms with E-state index in [2.05, 4.69) is 0 Å². The van der Waals surface area contributed by atoms with Gasteiger partial charge in [-0.1, -0.05) is 6.07 Å². The van der Waals surface area contributed by atoms with Crippen molar-refractivity contribution in [1.29, 1.82) is 5.26 Å². The van der Waals surface area contributed by atoms with Gasteiger partial charge in [-0.15, -0.1) is 11.3 Å². The van der Waals surface area contributed by atoms with Crippen LogP contribution < -0.4 is 4.74 Å². The van der Waals surface area contributed by atoms with Crippen molar-refractivity contribution in [2.45, 2.75) is 4.21 Å². The van der Waals surface area contributed by atoms with E-state index >= 15 is 0 Å². The van der Waals surface area contributed by atoms with Crippen LogP contribution in [0.25, 0.3) is 0 Å². The van der Waals surface area contributed by atoms with Crippen molar-refractivity contribution in [3.05, 3.63) is 47.3 Å². The smallest absolute Gasteiger partial charge is 0.252 e. The summed E-state index contributed by atoms with van der Waals surface area (Å²) in [6.45, 7) is 0.493. The number of nitrogens with zero attached hydrogens (tertiary/aromatic N) is 2. The summed E-state index contributed by atoms with van der Waals surface area (Å²) in [6.07, 6.45) is 0. The van der Waals surface area contributed by atoms with Crippen LogP contribution in [-0.4, -0.2) is 32.9 Å². The van der Waals surface area contributed by atoms with E-state index in [-0.39, 0.29) is 13.2 Å². The van der Waals surface area contributed by atoms with Crippen LogP contribution in [0.1, 0.15) is 5.56 Å².